The molecule has 114 valence electrons. The predicted molar refractivity (Wildman–Crippen MR) is 91.3 cm³/mol. The van der Waals surface area contributed by atoms with Gasteiger partial charge in [0.2, 0.25) is 0 Å². The van der Waals surface area contributed by atoms with Crippen molar-refractivity contribution in [1.29, 1.82) is 0 Å². The van der Waals surface area contributed by atoms with Crippen molar-refractivity contribution in [3.63, 3.8) is 0 Å². The molecule has 0 saturated heterocycles. The molecule has 0 aliphatic carbocycles. The van der Waals surface area contributed by atoms with E-state index in [1.54, 1.807) is 6.92 Å². The van der Waals surface area contributed by atoms with Crippen molar-refractivity contribution in [2.24, 2.45) is 5.92 Å². The third-order valence-electron chi connectivity index (χ3n) is 3.71. The third-order valence-corrected chi connectivity index (χ3v) is 4.40. The van der Waals surface area contributed by atoms with Gasteiger partial charge in [-0.1, -0.05) is 49.7 Å². The highest BCUT2D eigenvalue weighted by Crippen LogP contribution is 2.30. The molecule has 0 saturated carbocycles. The Kier molecular flexibility index (Phi) is 7.04. The number of benzene rings is 1. The molecule has 3 heteroatoms. The van der Waals surface area contributed by atoms with E-state index in [4.69, 9.17) is 0 Å². The summed E-state index contributed by atoms with van der Waals surface area (Å²) >= 11 is 3.59. The van der Waals surface area contributed by atoms with Crippen molar-refractivity contribution in [3.8, 4) is 0 Å². The van der Waals surface area contributed by atoms with Crippen LogP contribution in [0.1, 0.15) is 59.1 Å². The average molecular weight is 342 g/mol. The first-order chi connectivity index (χ1) is 9.40. The maximum Gasteiger partial charge on any atom is 0.0772 e. The summed E-state index contributed by atoms with van der Waals surface area (Å²) in [6, 6.07) is 6.87. The van der Waals surface area contributed by atoms with Gasteiger partial charge in [0.05, 0.1) is 6.10 Å². The van der Waals surface area contributed by atoms with E-state index in [9.17, 15) is 5.11 Å². The number of aliphatic hydroxyl groups excluding tert-OH is 1. The Morgan fingerprint density at radius 2 is 1.75 bits per heavy atom. The van der Waals surface area contributed by atoms with Gasteiger partial charge in [-0.2, -0.15) is 0 Å². The van der Waals surface area contributed by atoms with Gasteiger partial charge in [0, 0.05) is 22.7 Å². The lowest BCUT2D eigenvalue weighted by molar-refractivity contribution is 0.198. The number of rotatable bonds is 7. The molecular formula is C17H28BrNO. The van der Waals surface area contributed by atoms with Crippen molar-refractivity contribution in [3.05, 3.63) is 28.2 Å². The van der Waals surface area contributed by atoms with Gasteiger partial charge in [-0.05, 0) is 43.4 Å². The smallest absolute Gasteiger partial charge is 0.0772 e. The first-order valence-electron chi connectivity index (χ1n) is 7.64. The first kappa shape index (κ1) is 17.5. The standard InChI is InChI=1S/C17H28BrNO/c1-6-14(7-2)19(11-12(3)4)15-8-9-16(13(5)20)17(18)10-15/h8-10,12-14,20H,6-7,11H2,1-5H3/t13-/m1/s1. The van der Waals surface area contributed by atoms with Crippen molar-refractivity contribution in [2.45, 2.75) is 59.6 Å². The second-order valence-corrected chi connectivity index (χ2v) is 6.75. The first-order valence-corrected chi connectivity index (χ1v) is 8.44. The van der Waals surface area contributed by atoms with Crippen LogP contribution in [-0.4, -0.2) is 17.7 Å². The number of anilines is 1. The molecule has 0 bridgehead atoms. The molecule has 20 heavy (non-hydrogen) atoms. The van der Waals surface area contributed by atoms with Gasteiger partial charge in [-0.3, -0.25) is 0 Å². The molecule has 0 amide bonds. The molecular weight excluding hydrogens is 314 g/mol. The minimum absolute atomic E-state index is 0.440. The highest BCUT2D eigenvalue weighted by Gasteiger charge is 2.18. The zero-order valence-electron chi connectivity index (χ0n) is 13.4. The van der Waals surface area contributed by atoms with Crippen LogP contribution in [-0.2, 0) is 0 Å². The SMILES string of the molecule is CCC(CC)N(CC(C)C)c1ccc([C@@H](C)O)c(Br)c1. The lowest BCUT2D eigenvalue weighted by Crippen LogP contribution is -2.37. The van der Waals surface area contributed by atoms with Gasteiger partial charge in [-0.25, -0.2) is 0 Å². The summed E-state index contributed by atoms with van der Waals surface area (Å²) in [6.07, 6.45) is 1.86. The second-order valence-electron chi connectivity index (χ2n) is 5.90. The molecule has 1 rings (SSSR count). The highest BCUT2D eigenvalue weighted by molar-refractivity contribution is 9.10. The molecule has 0 unspecified atom stereocenters. The summed E-state index contributed by atoms with van der Waals surface area (Å²) in [4.78, 5) is 2.50. The van der Waals surface area contributed by atoms with Gasteiger partial charge >= 0.3 is 0 Å². The van der Waals surface area contributed by atoms with E-state index in [1.807, 2.05) is 6.07 Å². The van der Waals surface area contributed by atoms with E-state index in [1.165, 1.54) is 5.69 Å². The molecule has 0 aliphatic rings. The Bertz CT molecular complexity index is 413. The van der Waals surface area contributed by atoms with Crippen LogP contribution in [0.5, 0.6) is 0 Å². The van der Waals surface area contributed by atoms with Crippen molar-refractivity contribution >= 4 is 21.6 Å². The zero-order valence-corrected chi connectivity index (χ0v) is 14.9. The summed E-state index contributed by atoms with van der Waals surface area (Å²) in [6.45, 7) is 11.9. The van der Waals surface area contributed by atoms with Gasteiger partial charge in [0.1, 0.15) is 0 Å². The second kappa shape index (κ2) is 8.04. The summed E-state index contributed by atoms with van der Waals surface area (Å²) in [7, 11) is 0. The molecule has 0 fully saturated rings. The Morgan fingerprint density at radius 1 is 1.15 bits per heavy atom. The van der Waals surface area contributed by atoms with Crippen LogP contribution in [0.2, 0.25) is 0 Å². The fourth-order valence-electron chi connectivity index (χ4n) is 2.62. The zero-order chi connectivity index (χ0) is 15.3. The third kappa shape index (κ3) is 4.49. The van der Waals surface area contributed by atoms with E-state index in [0.29, 0.717) is 12.0 Å². The predicted octanol–water partition coefficient (Wildman–Crippen LogP) is 5.15. The Balaban J connectivity index is 3.10. The number of halogens is 1. The lowest BCUT2D eigenvalue weighted by atomic mass is 10.0. The van der Waals surface area contributed by atoms with Crippen molar-refractivity contribution in [1.82, 2.24) is 0 Å². The van der Waals surface area contributed by atoms with E-state index in [2.05, 4.69) is 60.7 Å². The fourth-order valence-corrected chi connectivity index (χ4v) is 3.32. The fraction of sp³-hybridized carbons (Fsp3) is 0.647. The molecule has 0 aliphatic heterocycles. The van der Waals surface area contributed by atoms with Crippen LogP contribution in [0.15, 0.2) is 22.7 Å². The molecule has 0 spiro atoms. The molecule has 1 atom stereocenters. The van der Waals surface area contributed by atoms with E-state index < -0.39 is 6.10 Å². The monoisotopic (exact) mass is 341 g/mol. The lowest BCUT2D eigenvalue weighted by Gasteiger charge is -2.34. The molecule has 2 nitrogen and oxygen atoms in total. The molecule has 0 heterocycles. The summed E-state index contributed by atoms with van der Waals surface area (Å²) in [5.74, 6) is 0.630. The minimum atomic E-state index is -0.440. The highest BCUT2D eigenvalue weighted by atomic mass is 79.9. The number of aliphatic hydroxyl groups is 1. The quantitative estimate of drug-likeness (QED) is 0.740. The molecule has 1 aromatic rings. The topological polar surface area (TPSA) is 23.5 Å². The maximum absolute atomic E-state index is 9.74. The Morgan fingerprint density at radius 3 is 2.15 bits per heavy atom. The Hall–Kier alpha value is -0.540. The normalized spacial score (nSPS) is 13.1. The largest absolute Gasteiger partial charge is 0.389 e. The van der Waals surface area contributed by atoms with Crippen LogP contribution < -0.4 is 4.90 Å². The van der Waals surface area contributed by atoms with Crippen LogP contribution in [0.3, 0.4) is 0 Å². The molecule has 0 aromatic heterocycles. The van der Waals surface area contributed by atoms with Crippen LogP contribution in [0.25, 0.3) is 0 Å². The van der Waals surface area contributed by atoms with Crippen molar-refractivity contribution in [2.75, 3.05) is 11.4 Å². The summed E-state index contributed by atoms with van der Waals surface area (Å²) in [5.41, 5.74) is 2.19. The summed E-state index contributed by atoms with van der Waals surface area (Å²) < 4.78 is 0.990. The van der Waals surface area contributed by atoms with Gasteiger partial charge in [0.25, 0.3) is 0 Å². The molecule has 0 radical (unpaired) electrons. The van der Waals surface area contributed by atoms with E-state index in [-0.39, 0.29) is 0 Å². The number of hydrogen-bond acceptors (Lipinski definition) is 2. The minimum Gasteiger partial charge on any atom is -0.389 e. The Labute approximate surface area is 132 Å². The van der Waals surface area contributed by atoms with Gasteiger partial charge in [-0.15, -0.1) is 0 Å². The van der Waals surface area contributed by atoms with E-state index >= 15 is 0 Å². The maximum atomic E-state index is 9.74. The van der Waals surface area contributed by atoms with Gasteiger partial charge in [0.15, 0.2) is 0 Å². The average Bonchev–Trinajstić information content (AvgIpc) is 2.37. The number of hydrogen-bond donors (Lipinski definition) is 1. The van der Waals surface area contributed by atoms with Crippen molar-refractivity contribution < 1.29 is 5.11 Å². The van der Waals surface area contributed by atoms with E-state index in [0.717, 1.165) is 29.4 Å². The van der Waals surface area contributed by atoms with Crippen LogP contribution >= 0.6 is 15.9 Å². The van der Waals surface area contributed by atoms with Crippen LogP contribution in [0.4, 0.5) is 5.69 Å². The molecule has 1 N–H and O–H groups in total. The molecule has 1 aromatic carbocycles. The number of nitrogens with zero attached hydrogens (tertiary/aromatic N) is 1. The van der Waals surface area contributed by atoms with Gasteiger partial charge < -0.3 is 10.0 Å². The summed E-state index contributed by atoms with van der Waals surface area (Å²) in [5, 5.41) is 9.74. The van der Waals surface area contributed by atoms with Crippen LogP contribution in [0, 0.1) is 5.92 Å².